The number of aliphatic hydroxyl groups excluding tert-OH is 1. The average Bonchev–Trinajstić information content (AvgIpc) is 2.28. The molecule has 1 aliphatic rings. The van der Waals surface area contributed by atoms with E-state index in [1.54, 1.807) is 0 Å². The normalized spacial score (nSPS) is 23.2. The first kappa shape index (κ1) is 14.8. The monoisotopic (exact) mass is 265 g/mol. The smallest absolute Gasteiger partial charge is 0.279 e. The second-order valence-corrected chi connectivity index (χ2v) is 6.51. The van der Waals surface area contributed by atoms with Crippen LogP contribution in [0.5, 0.6) is 0 Å². The van der Waals surface area contributed by atoms with Crippen LogP contribution < -0.4 is 4.72 Å². The van der Waals surface area contributed by atoms with Gasteiger partial charge in [0, 0.05) is 32.8 Å². The Labute approximate surface area is 104 Å². The van der Waals surface area contributed by atoms with Crippen molar-refractivity contribution >= 4 is 10.2 Å². The summed E-state index contributed by atoms with van der Waals surface area (Å²) in [5, 5.41) is 9.07. The first-order chi connectivity index (χ1) is 7.95. The van der Waals surface area contributed by atoms with Gasteiger partial charge >= 0.3 is 0 Å². The Bertz CT molecular complexity index is 319. The van der Waals surface area contributed by atoms with Crippen LogP contribution in [0.2, 0.25) is 0 Å². The van der Waals surface area contributed by atoms with Gasteiger partial charge in [0.15, 0.2) is 0 Å². The SMILES string of the molecule is CN(C)CCNS(=O)(=O)N1CCCC(CO)C1. The van der Waals surface area contributed by atoms with Gasteiger partial charge in [0.05, 0.1) is 0 Å². The van der Waals surface area contributed by atoms with Gasteiger partial charge < -0.3 is 10.0 Å². The zero-order valence-corrected chi connectivity index (χ0v) is 11.4. The van der Waals surface area contributed by atoms with Crippen LogP contribution in [0, 0.1) is 5.92 Å². The zero-order chi connectivity index (χ0) is 12.9. The Morgan fingerprint density at radius 1 is 1.47 bits per heavy atom. The van der Waals surface area contributed by atoms with Crippen LogP contribution in [0.15, 0.2) is 0 Å². The number of hydrogen-bond donors (Lipinski definition) is 2. The summed E-state index contributed by atoms with van der Waals surface area (Å²) in [7, 11) is 0.423. The molecule has 0 aromatic carbocycles. The van der Waals surface area contributed by atoms with Gasteiger partial charge in [-0.15, -0.1) is 0 Å². The van der Waals surface area contributed by atoms with Crippen molar-refractivity contribution < 1.29 is 13.5 Å². The third-order valence-corrected chi connectivity index (χ3v) is 4.50. The highest BCUT2D eigenvalue weighted by Crippen LogP contribution is 2.17. The molecular weight excluding hydrogens is 242 g/mol. The van der Waals surface area contributed by atoms with Crippen LogP contribution >= 0.6 is 0 Å². The molecule has 6 nitrogen and oxygen atoms in total. The van der Waals surface area contributed by atoms with Gasteiger partial charge in [0.25, 0.3) is 10.2 Å². The molecule has 0 radical (unpaired) electrons. The summed E-state index contributed by atoms with van der Waals surface area (Å²) in [5.74, 6) is 0.0779. The summed E-state index contributed by atoms with van der Waals surface area (Å²) in [5.41, 5.74) is 0. The van der Waals surface area contributed by atoms with Crippen molar-refractivity contribution in [1.82, 2.24) is 13.9 Å². The second kappa shape index (κ2) is 6.65. The van der Waals surface area contributed by atoms with Gasteiger partial charge in [-0.05, 0) is 32.9 Å². The molecule has 1 saturated heterocycles. The molecule has 102 valence electrons. The molecule has 1 unspecified atom stereocenters. The highest BCUT2D eigenvalue weighted by atomic mass is 32.2. The van der Waals surface area contributed by atoms with Crippen molar-refractivity contribution in [2.45, 2.75) is 12.8 Å². The van der Waals surface area contributed by atoms with E-state index < -0.39 is 10.2 Å². The number of aliphatic hydroxyl groups is 1. The summed E-state index contributed by atoms with van der Waals surface area (Å²) in [6.07, 6.45) is 1.72. The van der Waals surface area contributed by atoms with Gasteiger partial charge in [-0.3, -0.25) is 0 Å². The van der Waals surface area contributed by atoms with Gasteiger partial charge in [0.1, 0.15) is 0 Å². The van der Waals surface area contributed by atoms with E-state index in [0.29, 0.717) is 26.2 Å². The maximum atomic E-state index is 11.9. The van der Waals surface area contributed by atoms with Crippen molar-refractivity contribution in [2.24, 2.45) is 5.92 Å². The average molecular weight is 265 g/mol. The van der Waals surface area contributed by atoms with E-state index in [-0.39, 0.29) is 12.5 Å². The number of hydrogen-bond acceptors (Lipinski definition) is 4. The number of rotatable bonds is 6. The van der Waals surface area contributed by atoms with Crippen LogP contribution in [0.4, 0.5) is 0 Å². The Morgan fingerprint density at radius 3 is 2.76 bits per heavy atom. The van der Waals surface area contributed by atoms with E-state index in [0.717, 1.165) is 12.8 Å². The maximum absolute atomic E-state index is 11.9. The van der Waals surface area contributed by atoms with Crippen LogP contribution in [0.1, 0.15) is 12.8 Å². The van der Waals surface area contributed by atoms with Crippen LogP contribution in [-0.4, -0.2) is 69.6 Å². The van der Waals surface area contributed by atoms with Crippen LogP contribution in [0.25, 0.3) is 0 Å². The number of nitrogens with one attached hydrogen (secondary N) is 1. The highest BCUT2D eigenvalue weighted by Gasteiger charge is 2.27. The molecule has 0 aromatic rings. The lowest BCUT2D eigenvalue weighted by atomic mass is 10.0. The van der Waals surface area contributed by atoms with E-state index in [2.05, 4.69) is 4.72 Å². The molecule has 1 atom stereocenters. The molecule has 1 rings (SSSR count). The van der Waals surface area contributed by atoms with E-state index in [1.807, 2.05) is 19.0 Å². The van der Waals surface area contributed by atoms with E-state index in [9.17, 15) is 8.42 Å². The largest absolute Gasteiger partial charge is 0.396 e. The molecule has 0 bridgehead atoms. The van der Waals surface area contributed by atoms with Gasteiger partial charge in [-0.2, -0.15) is 12.7 Å². The zero-order valence-electron chi connectivity index (χ0n) is 10.6. The molecule has 0 amide bonds. The van der Waals surface area contributed by atoms with E-state index in [1.165, 1.54) is 4.31 Å². The molecule has 1 fully saturated rings. The molecule has 0 aromatic heterocycles. The second-order valence-electron chi connectivity index (χ2n) is 4.75. The summed E-state index contributed by atoms with van der Waals surface area (Å²) in [6, 6.07) is 0. The third-order valence-electron chi connectivity index (χ3n) is 2.92. The number of piperidine rings is 1. The number of likely N-dealkylation sites (N-methyl/N-ethyl adjacent to an activating group) is 1. The summed E-state index contributed by atoms with van der Waals surface area (Å²) in [4.78, 5) is 1.93. The minimum absolute atomic E-state index is 0.0592. The van der Waals surface area contributed by atoms with Gasteiger partial charge in [-0.25, -0.2) is 4.72 Å². The lowest BCUT2D eigenvalue weighted by molar-refractivity contribution is 0.164. The molecule has 1 aliphatic heterocycles. The number of nitrogens with zero attached hydrogens (tertiary/aromatic N) is 2. The van der Waals surface area contributed by atoms with Gasteiger partial charge in [-0.1, -0.05) is 0 Å². The summed E-state index contributed by atoms with van der Waals surface area (Å²) >= 11 is 0. The van der Waals surface area contributed by atoms with Crippen molar-refractivity contribution in [3.05, 3.63) is 0 Å². The predicted molar refractivity (Wildman–Crippen MR) is 66.9 cm³/mol. The molecule has 0 saturated carbocycles. The quantitative estimate of drug-likeness (QED) is 0.652. The first-order valence-corrected chi connectivity index (χ1v) is 7.40. The molecule has 0 spiro atoms. The highest BCUT2D eigenvalue weighted by molar-refractivity contribution is 7.87. The van der Waals surface area contributed by atoms with Crippen molar-refractivity contribution in [1.29, 1.82) is 0 Å². The summed E-state index contributed by atoms with van der Waals surface area (Å²) in [6.45, 7) is 2.12. The van der Waals surface area contributed by atoms with Gasteiger partial charge in [0.2, 0.25) is 0 Å². The first-order valence-electron chi connectivity index (χ1n) is 5.96. The van der Waals surface area contributed by atoms with Crippen molar-refractivity contribution in [2.75, 3.05) is 46.9 Å². The minimum atomic E-state index is -3.38. The lowest BCUT2D eigenvalue weighted by Crippen LogP contribution is -2.47. The molecular formula is C10H23N3O3S. The fraction of sp³-hybridized carbons (Fsp3) is 1.00. The molecule has 17 heavy (non-hydrogen) atoms. The Morgan fingerprint density at radius 2 is 2.18 bits per heavy atom. The fourth-order valence-electron chi connectivity index (χ4n) is 1.88. The molecule has 1 heterocycles. The van der Waals surface area contributed by atoms with Crippen LogP contribution in [-0.2, 0) is 10.2 Å². The Kier molecular flexibility index (Phi) is 5.81. The molecule has 0 aliphatic carbocycles. The Balaban J connectivity index is 2.46. The molecule has 7 heteroatoms. The van der Waals surface area contributed by atoms with Crippen molar-refractivity contribution in [3.8, 4) is 0 Å². The fourth-order valence-corrected chi connectivity index (χ4v) is 3.19. The maximum Gasteiger partial charge on any atom is 0.279 e. The van der Waals surface area contributed by atoms with E-state index >= 15 is 0 Å². The predicted octanol–water partition coefficient (Wildman–Crippen LogP) is -0.913. The minimum Gasteiger partial charge on any atom is -0.396 e. The Hall–Kier alpha value is -0.210. The molecule has 2 N–H and O–H groups in total. The lowest BCUT2D eigenvalue weighted by Gasteiger charge is -2.31. The van der Waals surface area contributed by atoms with E-state index in [4.69, 9.17) is 5.11 Å². The topological polar surface area (TPSA) is 72.9 Å². The standard InChI is InChI=1S/C10H23N3O3S/c1-12(2)7-5-11-17(15,16)13-6-3-4-10(8-13)9-14/h10-11,14H,3-9H2,1-2H3. The summed E-state index contributed by atoms with van der Waals surface area (Å²) < 4.78 is 27.9. The third kappa shape index (κ3) is 4.89. The van der Waals surface area contributed by atoms with Crippen molar-refractivity contribution in [3.63, 3.8) is 0 Å². The van der Waals surface area contributed by atoms with Crippen LogP contribution in [0.3, 0.4) is 0 Å².